The van der Waals surface area contributed by atoms with E-state index in [2.05, 4.69) is 74.4 Å². The molecule has 0 aliphatic carbocycles. The molecular weight excluding hydrogens is 1690 g/mol. The summed E-state index contributed by atoms with van der Waals surface area (Å²) in [4.78, 5) is 218. The first-order valence-corrected chi connectivity index (χ1v) is 48.9. The largest absolute Gasteiger partial charge is 0.425 e. The first-order valence-electron chi connectivity index (χ1n) is 48.9. The zero-order chi connectivity index (χ0) is 100. The zero-order valence-corrected chi connectivity index (χ0v) is 83.5. The standard InChI is InChI=1S/C96H176N20O16/c1-56(2)46-72(107-82(117)67(102)36-24-29-41-97)90(125)111-73(47-57(3)4)86(121)103-68(37-25-30-42-98)84(119)109-78(52-62(13)14)92(127)115-80(54-64(17)18)95(130)113-75(49-59(7)8)88(123)105-70(39-27-32-44-100)85(120)110-79(53-63(15)16)93(128)116-81(55-65(19)20)94(129)112-74(48-58(5)6)87(122)104-69(38-26-31-43-99)83(118)108-77(51-61(11)12)91(126)114-76(50-60(9)10)89(124)106-71(40-28-33-45-101)96(131)132-66-34-22-21-23-35-66/h21-23,34-35,56-65,67-81H,24-33,36-55,97-102H2,1-20H3,(H,103,121)(H,104,122)(H,105,123)(H,106,124)(H,107,117)(H,108,118)(H,109,119)(H,110,120)(H,111,125)(H,112,129)(H,113,130)(H,114,126)(H,115,127)(H,116,128)/t67-,68-,69-,70-,71-,72-,73-,74-,75-,76-,77-,78-,79-,80-,81-/m0/s1. The summed E-state index contributed by atoms with van der Waals surface area (Å²) < 4.78 is 5.63. The van der Waals surface area contributed by atoms with Crippen molar-refractivity contribution in [3.8, 4) is 5.75 Å². The summed E-state index contributed by atoms with van der Waals surface area (Å²) >= 11 is 0. The van der Waals surface area contributed by atoms with Crippen molar-refractivity contribution >= 4 is 88.7 Å². The van der Waals surface area contributed by atoms with Crippen LogP contribution < -0.4 is 114 Å². The first-order chi connectivity index (χ1) is 62.1. The van der Waals surface area contributed by atoms with Crippen molar-refractivity contribution in [3.63, 3.8) is 0 Å². The van der Waals surface area contributed by atoms with Gasteiger partial charge in [-0.05, 0) is 258 Å². The van der Waals surface area contributed by atoms with Crippen LogP contribution in [0.4, 0.5) is 0 Å². The Hall–Kier alpha value is -8.97. The van der Waals surface area contributed by atoms with Gasteiger partial charge in [0.05, 0.1) is 6.04 Å². The Bertz CT molecular complexity index is 3620. The summed E-state index contributed by atoms with van der Waals surface area (Å²) in [5.41, 5.74) is 35.5. The van der Waals surface area contributed by atoms with Gasteiger partial charge in [-0.1, -0.05) is 163 Å². The van der Waals surface area contributed by atoms with Crippen molar-refractivity contribution in [1.82, 2.24) is 74.4 Å². The minimum atomic E-state index is -1.31. The maximum Gasteiger partial charge on any atom is 0.334 e. The van der Waals surface area contributed by atoms with Crippen LogP contribution in [-0.4, -0.2) is 212 Å². The number of para-hydroxylation sites is 1. The average molecular weight is 1870 g/mol. The van der Waals surface area contributed by atoms with Gasteiger partial charge in [-0.15, -0.1) is 0 Å². The number of hydrogen-bond donors (Lipinski definition) is 20. The lowest BCUT2D eigenvalue weighted by Gasteiger charge is -2.30. The predicted octanol–water partition coefficient (Wildman–Crippen LogP) is 4.81. The molecule has 0 aliphatic rings. The van der Waals surface area contributed by atoms with E-state index in [-0.39, 0.29) is 174 Å². The normalized spacial score (nSPS) is 15.1. The molecule has 36 heteroatoms. The first kappa shape index (κ1) is 121. The molecule has 0 aromatic heterocycles. The Morgan fingerprint density at radius 2 is 0.364 bits per heavy atom. The third kappa shape index (κ3) is 51.5. The fraction of sp³-hybridized carbons (Fsp3) is 0.781. The number of esters is 1. The summed E-state index contributed by atoms with van der Waals surface area (Å²) in [5, 5.41) is 39.8. The van der Waals surface area contributed by atoms with Crippen LogP contribution in [0.2, 0.25) is 0 Å². The number of hydrogen-bond acceptors (Lipinski definition) is 22. The zero-order valence-electron chi connectivity index (χ0n) is 83.5. The Labute approximate surface area is 788 Å². The SMILES string of the molecule is CC(C)C[C@H](NC(=O)[C@H](CCCCN)NC(=O)[C@H](CC(C)C)NC(=O)[C@H](CC(C)C)NC(=O)[C@H](CC(C)C)NC(=O)[C@H](CCCCN)NC(=O)[C@H](CC(C)C)NC(=O)[C@H](CC(C)C)NC(=O)[C@@H](N)CCCCN)C(=O)N[C@@H](CC(C)C)C(=O)N[C@@H](CC(C)C)C(=O)N[C@@H](CCCCN)C(=O)N[C@@H](CC(C)C)C(=O)N[C@@H](CC(C)C)C(=O)N[C@@H](CCCCN)C(=O)Oc1ccccc1. The van der Waals surface area contributed by atoms with Crippen molar-refractivity contribution in [2.24, 2.45) is 93.6 Å². The van der Waals surface area contributed by atoms with Gasteiger partial charge in [-0.25, -0.2) is 4.79 Å². The molecule has 756 valence electrons. The van der Waals surface area contributed by atoms with Gasteiger partial charge in [0.25, 0.3) is 0 Å². The summed E-state index contributed by atoms with van der Waals surface area (Å²) in [7, 11) is 0. The van der Waals surface area contributed by atoms with Crippen LogP contribution in [0.15, 0.2) is 30.3 Å². The number of carbonyl (C=O) groups is 15. The third-order valence-electron chi connectivity index (χ3n) is 22.0. The number of amides is 14. The molecule has 132 heavy (non-hydrogen) atoms. The molecule has 1 aromatic rings. The van der Waals surface area contributed by atoms with Gasteiger partial charge in [0.15, 0.2) is 0 Å². The molecule has 0 radical (unpaired) electrons. The molecule has 1 aromatic carbocycles. The molecule has 1 rings (SSSR count). The highest BCUT2D eigenvalue weighted by Gasteiger charge is 2.40. The molecule has 0 saturated heterocycles. The number of nitrogens with two attached hydrogens (primary N) is 6. The quantitative estimate of drug-likeness (QED) is 0.0236. The second-order valence-electron chi connectivity index (χ2n) is 39.9. The molecule has 0 saturated carbocycles. The Kier molecular flexibility index (Phi) is 60.9. The number of benzene rings is 1. The third-order valence-corrected chi connectivity index (χ3v) is 22.0. The van der Waals surface area contributed by atoms with Crippen molar-refractivity contribution in [2.75, 3.05) is 32.7 Å². The van der Waals surface area contributed by atoms with E-state index >= 15 is 0 Å². The van der Waals surface area contributed by atoms with Crippen molar-refractivity contribution in [2.45, 2.75) is 390 Å². The molecule has 0 unspecified atom stereocenters. The Balaban J connectivity index is 3.76. The monoisotopic (exact) mass is 1870 g/mol. The molecule has 15 atom stereocenters. The Morgan fingerprint density at radius 1 is 0.212 bits per heavy atom. The maximum atomic E-state index is 14.9. The van der Waals surface area contributed by atoms with Crippen molar-refractivity contribution in [1.29, 1.82) is 0 Å². The fourth-order valence-corrected chi connectivity index (χ4v) is 15.2. The molecular formula is C96H176N20O16. The van der Waals surface area contributed by atoms with Crippen molar-refractivity contribution < 1.29 is 76.7 Å². The minimum absolute atomic E-state index is 0.0382. The highest BCUT2D eigenvalue weighted by molar-refractivity contribution is 6.00. The fourth-order valence-electron chi connectivity index (χ4n) is 15.2. The van der Waals surface area contributed by atoms with Crippen LogP contribution in [0.1, 0.15) is 299 Å². The van der Waals surface area contributed by atoms with E-state index < -0.39 is 179 Å². The van der Waals surface area contributed by atoms with Crippen LogP contribution in [0.25, 0.3) is 0 Å². The summed E-state index contributed by atoms with van der Waals surface area (Å²) in [5.74, 6) is -12.0. The number of rotatable bonds is 70. The number of unbranched alkanes of at least 4 members (excludes halogenated alkanes) is 5. The summed E-state index contributed by atoms with van der Waals surface area (Å²) in [6.45, 7) is 38.6. The second-order valence-corrected chi connectivity index (χ2v) is 39.9. The van der Waals surface area contributed by atoms with E-state index in [1.165, 1.54) is 0 Å². The van der Waals surface area contributed by atoms with E-state index in [1.54, 1.807) is 30.3 Å². The van der Waals surface area contributed by atoms with Gasteiger partial charge in [0, 0.05) is 0 Å². The van der Waals surface area contributed by atoms with Crippen LogP contribution in [0.5, 0.6) is 5.75 Å². The summed E-state index contributed by atoms with van der Waals surface area (Å²) in [6, 6.07) is -9.64. The highest BCUT2D eigenvalue weighted by atomic mass is 16.5. The van der Waals surface area contributed by atoms with E-state index in [0.717, 1.165) is 0 Å². The van der Waals surface area contributed by atoms with E-state index in [9.17, 15) is 71.9 Å². The lowest BCUT2D eigenvalue weighted by molar-refractivity contribution is -0.140. The molecule has 0 aliphatic heterocycles. The lowest BCUT2D eigenvalue weighted by atomic mass is 9.97. The van der Waals surface area contributed by atoms with Gasteiger partial charge >= 0.3 is 5.97 Å². The van der Waals surface area contributed by atoms with Gasteiger partial charge in [-0.2, -0.15) is 0 Å². The molecule has 0 heterocycles. The minimum Gasteiger partial charge on any atom is -0.425 e. The van der Waals surface area contributed by atoms with E-state index in [1.807, 2.05) is 138 Å². The van der Waals surface area contributed by atoms with Gasteiger partial charge in [-0.3, -0.25) is 67.1 Å². The van der Waals surface area contributed by atoms with Crippen molar-refractivity contribution in [3.05, 3.63) is 30.3 Å². The van der Waals surface area contributed by atoms with Gasteiger partial charge in [0.1, 0.15) is 90.3 Å². The Morgan fingerprint density at radius 3 is 0.545 bits per heavy atom. The molecule has 26 N–H and O–H groups in total. The number of nitrogens with one attached hydrogen (secondary N) is 14. The number of carbonyl (C=O) groups excluding carboxylic acids is 15. The smallest absolute Gasteiger partial charge is 0.334 e. The lowest BCUT2D eigenvalue weighted by Crippen LogP contribution is -2.61. The van der Waals surface area contributed by atoms with E-state index in [0.29, 0.717) is 83.7 Å². The van der Waals surface area contributed by atoms with Gasteiger partial charge in [0.2, 0.25) is 82.7 Å². The molecule has 0 bridgehead atoms. The van der Waals surface area contributed by atoms with E-state index in [4.69, 9.17) is 39.1 Å². The number of ether oxygens (including phenoxy) is 1. The van der Waals surface area contributed by atoms with Crippen LogP contribution in [0.3, 0.4) is 0 Å². The molecule has 0 fully saturated rings. The van der Waals surface area contributed by atoms with Crippen LogP contribution >= 0.6 is 0 Å². The topological polar surface area (TPSA) is 590 Å². The highest BCUT2D eigenvalue weighted by Crippen LogP contribution is 2.21. The average Bonchev–Trinajstić information content (AvgIpc) is 0.854. The van der Waals surface area contributed by atoms with Crippen LogP contribution in [-0.2, 0) is 71.9 Å². The molecule has 14 amide bonds. The molecule has 36 nitrogen and oxygen atoms in total. The van der Waals surface area contributed by atoms with Crippen LogP contribution in [0, 0.1) is 59.2 Å². The molecule has 0 spiro atoms. The second kappa shape index (κ2) is 66.4. The maximum absolute atomic E-state index is 14.9. The summed E-state index contributed by atoms with van der Waals surface area (Å²) in [6.07, 6.45) is 6.68. The van der Waals surface area contributed by atoms with Gasteiger partial charge < -0.3 is 114 Å². The predicted molar refractivity (Wildman–Crippen MR) is 516 cm³/mol.